The number of amides is 2. The van der Waals surface area contributed by atoms with Crippen molar-refractivity contribution in [1.82, 2.24) is 9.80 Å². The number of nitrogens with zero attached hydrogens (tertiary/aromatic N) is 2. The van der Waals surface area contributed by atoms with Gasteiger partial charge in [0.2, 0.25) is 5.91 Å². The van der Waals surface area contributed by atoms with E-state index < -0.39 is 5.60 Å². The van der Waals surface area contributed by atoms with Gasteiger partial charge in [0.05, 0.1) is 6.04 Å². The molecule has 6 nitrogen and oxygen atoms in total. The zero-order chi connectivity index (χ0) is 16.3. The third-order valence-corrected chi connectivity index (χ3v) is 4.25. The lowest BCUT2D eigenvalue weighted by molar-refractivity contribution is -0.135. The number of ether oxygens (including phenoxy) is 1. The fourth-order valence-corrected chi connectivity index (χ4v) is 3.16. The van der Waals surface area contributed by atoms with Crippen LogP contribution in [0.2, 0.25) is 0 Å². The van der Waals surface area contributed by atoms with Crippen LogP contribution in [0.4, 0.5) is 4.79 Å². The van der Waals surface area contributed by atoms with Gasteiger partial charge in [-0.25, -0.2) is 4.79 Å². The summed E-state index contributed by atoms with van der Waals surface area (Å²) < 4.78 is 5.44. The average Bonchev–Trinajstić information content (AvgIpc) is 2.60. The van der Waals surface area contributed by atoms with E-state index in [1.165, 1.54) is 0 Å². The summed E-state index contributed by atoms with van der Waals surface area (Å²) in [4.78, 5) is 28.3. The second-order valence-electron chi connectivity index (χ2n) is 7.36. The summed E-state index contributed by atoms with van der Waals surface area (Å²) in [6.45, 7) is 7.59. The molecule has 2 aliphatic heterocycles. The summed E-state index contributed by atoms with van der Waals surface area (Å²) in [5.74, 6) is 0.0357. The molecule has 0 aromatic heterocycles. The fraction of sp³-hybridized carbons (Fsp3) is 0.875. The van der Waals surface area contributed by atoms with E-state index in [2.05, 4.69) is 0 Å². The van der Waals surface area contributed by atoms with Crippen LogP contribution < -0.4 is 5.73 Å². The maximum atomic E-state index is 12.4. The number of likely N-dealkylation sites (tertiary alicyclic amines) is 2. The van der Waals surface area contributed by atoms with Gasteiger partial charge < -0.3 is 20.3 Å². The molecule has 126 valence electrons. The summed E-state index contributed by atoms with van der Waals surface area (Å²) in [7, 11) is 0. The van der Waals surface area contributed by atoms with Gasteiger partial charge >= 0.3 is 6.09 Å². The van der Waals surface area contributed by atoms with Crippen LogP contribution in [0.3, 0.4) is 0 Å². The van der Waals surface area contributed by atoms with Gasteiger partial charge in [-0.1, -0.05) is 0 Å². The van der Waals surface area contributed by atoms with Gasteiger partial charge in [-0.15, -0.1) is 0 Å². The van der Waals surface area contributed by atoms with Gasteiger partial charge in [-0.3, -0.25) is 4.79 Å². The molecule has 2 amide bonds. The summed E-state index contributed by atoms with van der Waals surface area (Å²) >= 11 is 0. The third kappa shape index (κ3) is 4.35. The highest BCUT2D eigenvalue weighted by Gasteiger charge is 2.34. The smallest absolute Gasteiger partial charge is 0.410 e. The fourth-order valence-electron chi connectivity index (χ4n) is 3.16. The third-order valence-electron chi connectivity index (χ3n) is 4.25. The first kappa shape index (κ1) is 17.1. The first-order valence-corrected chi connectivity index (χ1v) is 8.32. The van der Waals surface area contributed by atoms with Crippen LogP contribution in [0.1, 0.15) is 52.9 Å². The van der Waals surface area contributed by atoms with Crippen molar-refractivity contribution in [3.8, 4) is 0 Å². The number of carbonyl (C=O) groups excluding carboxylic acids is 2. The largest absolute Gasteiger partial charge is 0.444 e. The zero-order valence-electron chi connectivity index (χ0n) is 14.0. The van der Waals surface area contributed by atoms with Crippen molar-refractivity contribution < 1.29 is 14.3 Å². The molecule has 0 aromatic carbocycles. The molecule has 2 saturated heterocycles. The van der Waals surface area contributed by atoms with E-state index in [9.17, 15) is 9.59 Å². The first-order chi connectivity index (χ1) is 10.3. The SMILES string of the molecule is CC(C)(C)OC(=O)N1CCC[C@@H](N2CCCC[C@@H](N)C2=O)C1. The van der Waals surface area contributed by atoms with Gasteiger partial charge in [-0.05, 0) is 52.9 Å². The molecule has 2 fully saturated rings. The van der Waals surface area contributed by atoms with Crippen molar-refractivity contribution in [1.29, 1.82) is 0 Å². The van der Waals surface area contributed by atoms with Gasteiger partial charge in [0, 0.05) is 25.7 Å². The zero-order valence-corrected chi connectivity index (χ0v) is 14.0. The molecule has 2 aliphatic rings. The molecule has 2 heterocycles. The number of piperidine rings is 1. The van der Waals surface area contributed by atoms with Crippen molar-refractivity contribution in [2.24, 2.45) is 5.73 Å². The second kappa shape index (κ2) is 6.86. The first-order valence-electron chi connectivity index (χ1n) is 8.32. The van der Waals surface area contributed by atoms with E-state index in [4.69, 9.17) is 10.5 Å². The Morgan fingerprint density at radius 1 is 1.18 bits per heavy atom. The highest BCUT2D eigenvalue weighted by molar-refractivity contribution is 5.82. The Balaban J connectivity index is 2.00. The van der Waals surface area contributed by atoms with E-state index in [1.807, 2.05) is 25.7 Å². The number of nitrogens with two attached hydrogens (primary N) is 1. The Hall–Kier alpha value is -1.30. The van der Waals surface area contributed by atoms with Crippen molar-refractivity contribution in [3.05, 3.63) is 0 Å². The summed E-state index contributed by atoms with van der Waals surface area (Å²) in [5, 5.41) is 0. The van der Waals surface area contributed by atoms with Crippen LogP contribution in [0.5, 0.6) is 0 Å². The van der Waals surface area contributed by atoms with Crippen LogP contribution >= 0.6 is 0 Å². The Labute approximate surface area is 132 Å². The molecule has 2 N–H and O–H groups in total. The Bertz CT molecular complexity index is 419. The van der Waals surface area contributed by atoms with Crippen LogP contribution in [-0.4, -0.2) is 59.1 Å². The number of hydrogen-bond acceptors (Lipinski definition) is 4. The standard InChI is InChI=1S/C16H29N3O3/c1-16(2,3)22-15(21)18-9-6-7-12(11-18)19-10-5-4-8-13(17)14(19)20/h12-13H,4-11,17H2,1-3H3/t12-,13-/m1/s1. The molecule has 22 heavy (non-hydrogen) atoms. The lowest BCUT2D eigenvalue weighted by Crippen LogP contribution is -2.55. The molecule has 0 radical (unpaired) electrons. The Morgan fingerprint density at radius 2 is 1.91 bits per heavy atom. The highest BCUT2D eigenvalue weighted by atomic mass is 16.6. The molecule has 6 heteroatoms. The Morgan fingerprint density at radius 3 is 2.59 bits per heavy atom. The van der Waals surface area contributed by atoms with E-state index in [-0.39, 0.29) is 24.1 Å². The average molecular weight is 311 g/mol. The van der Waals surface area contributed by atoms with E-state index >= 15 is 0 Å². The van der Waals surface area contributed by atoms with Crippen LogP contribution in [-0.2, 0) is 9.53 Å². The molecular weight excluding hydrogens is 282 g/mol. The van der Waals surface area contributed by atoms with Crippen molar-refractivity contribution in [3.63, 3.8) is 0 Å². The summed E-state index contributed by atoms with van der Waals surface area (Å²) in [6, 6.07) is -0.322. The number of rotatable bonds is 1. The molecule has 0 aliphatic carbocycles. The lowest BCUT2D eigenvalue weighted by atomic mass is 10.0. The minimum Gasteiger partial charge on any atom is -0.444 e. The van der Waals surface area contributed by atoms with Crippen LogP contribution in [0.25, 0.3) is 0 Å². The quantitative estimate of drug-likeness (QED) is 0.800. The van der Waals surface area contributed by atoms with E-state index in [0.717, 1.165) is 38.6 Å². The van der Waals surface area contributed by atoms with E-state index in [1.54, 1.807) is 4.90 Å². The van der Waals surface area contributed by atoms with Gasteiger partial charge in [0.15, 0.2) is 0 Å². The topological polar surface area (TPSA) is 75.9 Å². The Kier molecular flexibility index (Phi) is 5.32. The van der Waals surface area contributed by atoms with Gasteiger partial charge in [0.1, 0.15) is 5.60 Å². The highest BCUT2D eigenvalue weighted by Crippen LogP contribution is 2.22. The molecule has 0 unspecified atom stereocenters. The maximum absolute atomic E-state index is 12.4. The summed E-state index contributed by atoms with van der Waals surface area (Å²) in [5.41, 5.74) is 5.46. The van der Waals surface area contributed by atoms with Gasteiger partial charge in [-0.2, -0.15) is 0 Å². The lowest BCUT2D eigenvalue weighted by Gasteiger charge is -2.39. The van der Waals surface area contributed by atoms with Crippen LogP contribution in [0.15, 0.2) is 0 Å². The molecule has 2 rings (SSSR count). The normalized spacial score (nSPS) is 27.5. The monoisotopic (exact) mass is 311 g/mol. The van der Waals surface area contributed by atoms with Crippen molar-refractivity contribution in [2.45, 2.75) is 70.6 Å². The predicted octanol–water partition coefficient (Wildman–Crippen LogP) is 1.73. The van der Waals surface area contributed by atoms with Crippen LogP contribution in [0, 0.1) is 0 Å². The molecule has 2 atom stereocenters. The molecule has 0 aromatic rings. The second-order valence-corrected chi connectivity index (χ2v) is 7.36. The summed E-state index contributed by atoms with van der Waals surface area (Å²) in [6.07, 6.45) is 4.27. The molecular formula is C16H29N3O3. The molecule has 0 spiro atoms. The van der Waals surface area contributed by atoms with Gasteiger partial charge in [0.25, 0.3) is 0 Å². The van der Waals surface area contributed by atoms with Crippen molar-refractivity contribution >= 4 is 12.0 Å². The van der Waals surface area contributed by atoms with Crippen molar-refractivity contribution in [2.75, 3.05) is 19.6 Å². The number of hydrogen-bond donors (Lipinski definition) is 1. The predicted molar refractivity (Wildman–Crippen MR) is 84.4 cm³/mol. The van der Waals surface area contributed by atoms with E-state index in [0.29, 0.717) is 13.1 Å². The number of carbonyl (C=O) groups is 2. The minimum absolute atomic E-state index is 0.0357. The molecule has 0 bridgehead atoms. The minimum atomic E-state index is -0.495. The maximum Gasteiger partial charge on any atom is 0.410 e. The molecule has 0 saturated carbocycles.